The summed E-state index contributed by atoms with van der Waals surface area (Å²) in [4.78, 5) is 11.0. The number of allylic oxidation sites excluding steroid dienone is 1. The monoisotopic (exact) mass is 320 g/mol. The molecule has 21 heavy (non-hydrogen) atoms. The first-order valence-electron chi connectivity index (χ1n) is 6.59. The molecule has 0 aromatic rings. The molecule has 0 aromatic carbocycles. The molecule has 0 rings (SSSR count). The molecule has 124 valence electrons. The maximum absolute atomic E-state index is 12.1. The molecule has 0 saturated carbocycles. The van der Waals surface area contributed by atoms with Crippen molar-refractivity contribution in [1.82, 2.24) is 0 Å². The van der Waals surface area contributed by atoms with Crippen LogP contribution in [0.25, 0.3) is 0 Å². The van der Waals surface area contributed by atoms with Gasteiger partial charge in [0, 0.05) is 6.08 Å². The van der Waals surface area contributed by atoms with Gasteiger partial charge in [0.2, 0.25) is 0 Å². The number of rotatable bonds is 8. The SMILES string of the molecule is CCCCCCC/C=C/C(=O)OC(C(F)(F)F)C(F)(F)F. The van der Waals surface area contributed by atoms with E-state index in [0.717, 1.165) is 25.7 Å². The summed E-state index contributed by atoms with van der Waals surface area (Å²) in [7, 11) is 0. The Hall–Kier alpha value is -1.21. The standard InChI is InChI=1S/C13H18F6O2/c1-2-3-4-5-6-7-8-9-10(20)21-11(12(14,15)16)13(17,18)19/h8-9,11H,2-7H2,1H3/b9-8+. The summed E-state index contributed by atoms with van der Waals surface area (Å²) < 4.78 is 76.1. The Bertz CT molecular complexity index is 319. The van der Waals surface area contributed by atoms with Gasteiger partial charge in [-0.05, 0) is 12.8 Å². The van der Waals surface area contributed by atoms with E-state index in [2.05, 4.69) is 4.74 Å². The first kappa shape index (κ1) is 19.8. The number of ether oxygens (including phenoxy) is 1. The number of carbonyl (C=O) groups excluding carboxylic acids is 1. The molecule has 0 aromatic heterocycles. The van der Waals surface area contributed by atoms with E-state index in [9.17, 15) is 31.1 Å². The van der Waals surface area contributed by atoms with Crippen molar-refractivity contribution < 1.29 is 35.9 Å². The third-order valence-electron chi connectivity index (χ3n) is 2.56. The minimum absolute atomic E-state index is 0.404. The van der Waals surface area contributed by atoms with Gasteiger partial charge in [0.05, 0.1) is 0 Å². The molecule has 0 aliphatic carbocycles. The maximum Gasteiger partial charge on any atom is 0.434 e. The van der Waals surface area contributed by atoms with E-state index in [-0.39, 0.29) is 0 Å². The van der Waals surface area contributed by atoms with Gasteiger partial charge in [-0.1, -0.05) is 38.7 Å². The summed E-state index contributed by atoms with van der Waals surface area (Å²) in [6.45, 7) is 2.04. The van der Waals surface area contributed by atoms with E-state index < -0.39 is 24.4 Å². The lowest BCUT2D eigenvalue weighted by Crippen LogP contribution is -2.45. The van der Waals surface area contributed by atoms with Crippen molar-refractivity contribution >= 4 is 5.97 Å². The molecule has 0 aliphatic rings. The van der Waals surface area contributed by atoms with Crippen LogP contribution in [-0.2, 0) is 9.53 Å². The Balaban J connectivity index is 4.22. The number of halogens is 6. The highest BCUT2D eigenvalue weighted by atomic mass is 19.4. The van der Waals surface area contributed by atoms with Crippen LogP contribution < -0.4 is 0 Å². The van der Waals surface area contributed by atoms with E-state index >= 15 is 0 Å². The number of hydrogen-bond acceptors (Lipinski definition) is 2. The average Bonchev–Trinajstić information content (AvgIpc) is 2.32. The van der Waals surface area contributed by atoms with Crippen molar-refractivity contribution in [3.8, 4) is 0 Å². The predicted molar refractivity (Wildman–Crippen MR) is 64.5 cm³/mol. The minimum Gasteiger partial charge on any atom is -0.440 e. The van der Waals surface area contributed by atoms with Crippen molar-refractivity contribution in [1.29, 1.82) is 0 Å². The predicted octanol–water partition coefficient (Wildman–Crippen LogP) is 4.94. The molecule has 0 unspecified atom stereocenters. The Morgan fingerprint density at radius 2 is 1.52 bits per heavy atom. The van der Waals surface area contributed by atoms with Gasteiger partial charge in [-0.15, -0.1) is 0 Å². The Kier molecular flexibility index (Phi) is 8.43. The Labute approximate surface area is 119 Å². The topological polar surface area (TPSA) is 26.3 Å². The van der Waals surface area contributed by atoms with Crippen LogP contribution in [-0.4, -0.2) is 24.4 Å². The van der Waals surface area contributed by atoms with Crippen molar-refractivity contribution in [2.45, 2.75) is 63.9 Å². The van der Waals surface area contributed by atoms with Crippen molar-refractivity contribution in [3.05, 3.63) is 12.2 Å². The summed E-state index contributed by atoms with van der Waals surface area (Å²) in [5.41, 5.74) is 0. The average molecular weight is 320 g/mol. The Morgan fingerprint density at radius 1 is 1.00 bits per heavy atom. The van der Waals surface area contributed by atoms with Crippen LogP contribution in [0.1, 0.15) is 45.4 Å². The van der Waals surface area contributed by atoms with E-state index in [1.807, 2.05) is 6.92 Å². The first-order chi connectivity index (χ1) is 9.59. The van der Waals surface area contributed by atoms with Gasteiger partial charge >= 0.3 is 18.3 Å². The minimum atomic E-state index is -5.68. The van der Waals surface area contributed by atoms with Gasteiger partial charge in [0.25, 0.3) is 6.10 Å². The van der Waals surface area contributed by atoms with Crippen LogP contribution in [0.2, 0.25) is 0 Å². The quantitative estimate of drug-likeness (QED) is 0.274. The summed E-state index contributed by atoms with van der Waals surface area (Å²) in [5.74, 6) is -1.65. The van der Waals surface area contributed by atoms with Gasteiger partial charge in [0.1, 0.15) is 0 Å². The fourth-order valence-electron chi connectivity index (χ4n) is 1.52. The third-order valence-corrected chi connectivity index (χ3v) is 2.56. The summed E-state index contributed by atoms with van der Waals surface area (Å²) in [6.07, 6.45) is -8.51. The largest absolute Gasteiger partial charge is 0.440 e. The zero-order valence-electron chi connectivity index (χ0n) is 11.6. The van der Waals surface area contributed by atoms with Crippen LogP contribution >= 0.6 is 0 Å². The van der Waals surface area contributed by atoms with E-state index in [1.165, 1.54) is 6.08 Å². The Morgan fingerprint density at radius 3 is 2.00 bits per heavy atom. The molecule has 0 fully saturated rings. The number of esters is 1. The highest BCUT2D eigenvalue weighted by molar-refractivity contribution is 5.82. The number of unbranched alkanes of at least 4 members (excludes halogenated alkanes) is 5. The lowest BCUT2D eigenvalue weighted by molar-refractivity contribution is -0.312. The molecule has 0 saturated heterocycles. The summed E-state index contributed by atoms with van der Waals surface area (Å²) >= 11 is 0. The molecule has 0 atom stereocenters. The normalized spacial score (nSPS) is 13.1. The van der Waals surface area contributed by atoms with E-state index in [0.29, 0.717) is 18.9 Å². The smallest absolute Gasteiger partial charge is 0.434 e. The van der Waals surface area contributed by atoms with Crippen LogP contribution in [0.3, 0.4) is 0 Å². The van der Waals surface area contributed by atoms with Gasteiger partial charge in [-0.3, -0.25) is 0 Å². The number of carbonyl (C=O) groups is 1. The molecule has 0 aliphatic heterocycles. The second-order valence-electron chi connectivity index (χ2n) is 4.51. The van der Waals surface area contributed by atoms with Crippen molar-refractivity contribution in [2.75, 3.05) is 0 Å². The number of hydrogen-bond donors (Lipinski definition) is 0. The molecule has 0 N–H and O–H groups in total. The maximum atomic E-state index is 12.1. The zero-order chi connectivity index (χ0) is 16.5. The van der Waals surface area contributed by atoms with Crippen LogP contribution in [0, 0.1) is 0 Å². The number of alkyl halides is 6. The third kappa shape index (κ3) is 9.36. The lowest BCUT2D eigenvalue weighted by atomic mass is 10.1. The summed E-state index contributed by atoms with van der Waals surface area (Å²) in [6, 6.07) is 0. The highest BCUT2D eigenvalue weighted by Crippen LogP contribution is 2.35. The van der Waals surface area contributed by atoms with E-state index in [1.54, 1.807) is 0 Å². The van der Waals surface area contributed by atoms with Gasteiger partial charge in [0.15, 0.2) is 0 Å². The second kappa shape index (κ2) is 8.94. The molecule has 0 amide bonds. The van der Waals surface area contributed by atoms with Crippen molar-refractivity contribution in [2.24, 2.45) is 0 Å². The fraction of sp³-hybridized carbons (Fsp3) is 0.769. The van der Waals surface area contributed by atoms with Gasteiger partial charge in [-0.2, -0.15) is 26.3 Å². The summed E-state index contributed by atoms with van der Waals surface area (Å²) in [5, 5.41) is 0. The van der Waals surface area contributed by atoms with E-state index in [4.69, 9.17) is 0 Å². The molecular weight excluding hydrogens is 302 g/mol. The molecule has 8 heteroatoms. The lowest BCUT2D eigenvalue weighted by Gasteiger charge is -2.22. The molecule has 0 bridgehead atoms. The highest BCUT2D eigenvalue weighted by Gasteiger charge is 2.59. The van der Waals surface area contributed by atoms with Crippen molar-refractivity contribution in [3.63, 3.8) is 0 Å². The molecule has 0 spiro atoms. The second-order valence-corrected chi connectivity index (χ2v) is 4.51. The van der Waals surface area contributed by atoms with Crippen LogP contribution in [0.15, 0.2) is 12.2 Å². The van der Waals surface area contributed by atoms with Crippen LogP contribution in [0.5, 0.6) is 0 Å². The molecule has 0 heterocycles. The first-order valence-corrected chi connectivity index (χ1v) is 6.59. The zero-order valence-corrected chi connectivity index (χ0v) is 11.6. The fourth-order valence-corrected chi connectivity index (χ4v) is 1.52. The van der Waals surface area contributed by atoms with Gasteiger partial charge in [-0.25, -0.2) is 4.79 Å². The molecular formula is C13H18F6O2. The van der Waals surface area contributed by atoms with Crippen LogP contribution in [0.4, 0.5) is 26.3 Å². The molecule has 2 nitrogen and oxygen atoms in total. The van der Waals surface area contributed by atoms with Gasteiger partial charge < -0.3 is 4.74 Å². The molecule has 0 radical (unpaired) electrons.